The van der Waals surface area contributed by atoms with E-state index >= 15 is 0 Å². The van der Waals surface area contributed by atoms with Crippen LogP contribution in [0.15, 0.2) is 47.8 Å². The van der Waals surface area contributed by atoms with E-state index < -0.39 is 20.0 Å². The number of aromatic nitrogens is 2. The predicted octanol–water partition coefficient (Wildman–Crippen LogP) is 1.49. The summed E-state index contributed by atoms with van der Waals surface area (Å²) < 4.78 is 57.6. The van der Waals surface area contributed by atoms with Crippen LogP contribution in [0.25, 0.3) is 0 Å². The van der Waals surface area contributed by atoms with Crippen LogP contribution in [0.2, 0.25) is 0 Å². The van der Waals surface area contributed by atoms with Gasteiger partial charge in [-0.25, -0.2) is 21.8 Å². The molecule has 1 saturated heterocycles. The maximum atomic E-state index is 12.6. The molecule has 158 valence electrons. The highest BCUT2D eigenvalue weighted by atomic mass is 32.2. The molecule has 3 heterocycles. The molecule has 2 aromatic rings. The average molecular weight is 441 g/mol. The zero-order valence-corrected chi connectivity index (χ0v) is 17.9. The summed E-state index contributed by atoms with van der Waals surface area (Å²) in [7, 11) is -5.42. The van der Waals surface area contributed by atoms with Crippen LogP contribution in [0.4, 0.5) is 5.69 Å². The quantitative estimate of drug-likeness (QED) is 0.641. The number of pyridine rings is 2. The molecule has 0 saturated carbocycles. The zero-order chi connectivity index (χ0) is 21.1. The van der Waals surface area contributed by atoms with Crippen molar-refractivity contribution in [2.24, 2.45) is 0 Å². The largest absolute Gasteiger partial charge is 0.474 e. The monoisotopic (exact) mass is 440 g/mol. The Morgan fingerprint density at radius 2 is 1.86 bits per heavy atom. The summed E-state index contributed by atoms with van der Waals surface area (Å²) >= 11 is 0. The number of rotatable bonds is 7. The Morgan fingerprint density at radius 3 is 2.41 bits per heavy atom. The van der Waals surface area contributed by atoms with Gasteiger partial charge in [-0.1, -0.05) is 0 Å². The second-order valence-electron chi connectivity index (χ2n) is 6.63. The zero-order valence-electron chi connectivity index (χ0n) is 16.3. The van der Waals surface area contributed by atoms with Crippen molar-refractivity contribution < 1.29 is 21.6 Å². The van der Waals surface area contributed by atoms with Crippen molar-refractivity contribution in [1.82, 2.24) is 14.3 Å². The van der Waals surface area contributed by atoms with Gasteiger partial charge in [0.2, 0.25) is 25.9 Å². The van der Waals surface area contributed by atoms with Crippen LogP contribution in [0, 0.1) is 0 Å². The van der Waals surface area contributed by atoms with Gasteiger partial charge in [-0.3, -0.25) is 9.29 Å². The number of hydrogen-bond acceptors (Lipinski definition) is 7. The van der Waals surface area contributed by atoms with Crippen molar-refractivity contribution in [3.8, 4) is 5.88 Å². The van der Waals surface area contributed by atoms with Gasteiger partial charge in [-0.15, -0.1) is 0 Å². The van der Waals surface area contributed by atoms with Crippen LogP contribution in [-0.4, -0.2) is 63.1 Å². The molecule has 0 bridgehead atoms. The van der Waals surface area contributed by atoms with Crippen LogP contribution in [0.5, 0.6) is 5.88 Å². The van der Waals surface area contributed by atoms with E-state index in [2.05, 4.69) is 9.97 Å². The normalized spacial score (nSPS) is 16.5. The first-order chi connectivity index (χ1) is 13.7. The second kappa shape index (κ2) is 8.64. The maximum Gasteiger partial charge on any atom is 0.244 e. The molecule has 0 aromatic carbocycles. The first-order valence-corrected chi connectivity index (χ1v) is 12.3. The molecule has 0 radical (unpaired) electrons. The first kappa shape index (κ1) is 21.5. The number of anilines is 1. The molecule has 1 aliphatic rings. The topological polar surface area (TPSA) is 110 Å². The summed E-state index contributed by atoms with van der Waals surface area (Å²) in [6.07, 6.45) is 5.24. The maximum absolute atomic E-state index is 12.6. The number of nitrogens with zero attached hydrogens (tertiary/aromatic N) is 4. The van der Waals surface area contributed by atoms with E-state index in [0.717, 1.165) is 0 Å². The average Bonchev–Trinajstić information content (AvgIpc) is 2.75. The Bertz CT molecular complexity index is 1020. The van der Waals surface area contributed by atoms with Crippen LogP contribution >= 0.6 is 0 Å². The molecule has 1 fully saturated rings. The number of piperidine rings is 1. The van der Waals surface area contributed by atoms with Crippen LogP contribution in [0.3, 0.4) is 0 Å². The molecule has 0 aliphatic carbocycles. The summed E-state index contributed by atoms with van der Waals surface area (Å²) in [4.78, 5) is 8.25. The lowest BCUT2D eigenvalue weighted by atomic mass is 10.1. The fourth-order valence-electron chi connectivity index (χ4n) is 2.99. The Hall–Kier alpha value is -2.24. The molecule has 11 heteroatoms. The van der Waals surface area contributed by atoms with Gasteiger partial charge in [0, 0.05) is 38.6 Å². The Kier molecular flexibility index (Phi) is 6.39. The van der Waals surface area contributed by atoms with E-state index in [1.807, 2.05) is 0 Å². The van der Waals surface area contributed by atoms with Gasteiger partial charge in [0.25, 0.3) is 0 Å². The molecule has 0 N–H and O–H groups in total. The number of hydrogen-bond donors (Lipinski definition) is 0. The fraction of sp³-hybridized carbons (Fsp3) is 0.444. The van der Waals surface area contributed by atoms with Gasteiger partial charge >= 0.3 is 0 Å². The van der Waals surface area contributed by atoms with Gasteiger partial charge in [0.15, 0.2) is 0 Å². The van der Waals surface area contributed by atoms with Crippen molar-refractivity contribution >= 4 is 25.7 Å². The minimum Gasteiger partial charge on any atom is -0.474 e. The summed E-state index contributed by atoms with van der Waals surface area (Å²) in [5.41, 5.74) is 0.455. The molecule has 1 aliphatic heterocycles. The molecule has 9 nitrogen and oxygen atoms in total. The van der Waals surface area contributed by atoms with Crippen LogP contribution in [-0.2, 0) is 20.0 Å². The summed E-state index contributed by atoms with van der Waals surface area (Å²) in [5, 5.41) is 0. The summed E-state index contributed by atoms with van der Waals surface area (Å²) in [6.45, 7) is 2.27. The molecule has 0 atom stereocenters. The van der Waals surface area contributed by atoms with E-state index in [9.17, 15) is 16.8 Å². The van der Waals surface area contributed by atoms with E-state index in [0.29, 0.717) is 37.5 Å². The predicted molar refractivity (Wildman–Crippen MR) is 109 cm³/mol. The molecular weight excluding hydrogens is 416 g/mol. The van der Waals surface area contributed by atoms with Crippen molar-refractivity contribution in [3.05, 3.63) is 42.9 Å². The van der Waals surface area contributed by atoms with Crippen molar-refractivity contribution in [3.63, 3.8) is 0 Å². The van der Waals surface area contributed by atoms with Gasteiger partial charge in [-0.2, -0.15) is 4.31 Å². The van der Waals surface area contributed by atoms with Crippen molar-refractivity contribution in [2.75, 3.05) is 30.2 Å². The van der Waals surface area contributed by atoms with Gasteiger partial charge in [0.1, 0.15) is 11.0 Å². The lowest BCUT2D eigenvalue weighted by Crippen LogP contribution is -2.41. The van der Waals surface area contributed by atoms with Crippen LogP contribution in [0.1, 0.15) is 19.8 Å². The molecule has 3 rings (SSSR count). The lowest BCUT2D eigenvalue weighted by Gasteiger charge is -2.31. The Labute approximate surface area is 171 Å². The third kappa shape index (κ3) is 4.85. The Morgan fingerprint density at radius 1 is 1.14 bits per heavy atom. The van der Waals surface area contributed by atoms with E-state index in [1.54, 1.807) is 25.1 Å². The van der Waals surface area contributed by atoms with E-state index in [1.165, 1.54) is 40.3 Å². The van der Waals surface area contributed by atoms with Crippen LogP contribution < -0.4 is 9.04 Å². The molecule has 29 heavy (non-hydrogen) atoms. The molecule has 0 spiro atoms. The molecule has 0 unspecified atom stereocenters. The number of sulfonamides is 2. The van der Waals surface area contributed by atoms with E-state index in [-0.39, 0.29) is 16.8 Å². The SMILES string of the molecule is CCS(=O)(=O)N(C)c1ccc(OC2CCN(S(=O)(=O)c3cccnc3)CC2)nc1. The highest BCUT2D eigenvalue weighted by Gasteiger charge is 2.30. The molecular formula is C18H24N4O5S2. The molecule has 2 aromatic heterocycles. The Balaban J connectivity index is 1.59. The van der Waals surface area contributed by atoms with E-state index in [4.69, 9.17) is 4.74 Å². The van der Waals surface area contributed by atoms with Crippen molar-refractivity contribution in [2.45, 2.75) is 30.8 Å². The highest BCUT2D eigenvalue weighted by molar-refractivity contribution is 7.92. The summed E-state index contributed by atoms with van der Waals surface area (Å²) in [6, 6.07) is 6.39. The minimum atomic E-state index is -3.55. The standard InChI is InChI=1S/C18H24N4O5S2/c1-3-28(23,24)21(2)15-6-7-18(20-13-15)27-16-8-11-22(12-9-16)29(25,26)17-5-4-10-19-14-17/h4-7,10,13-14,16H,3,8-9,11-12H2,1-2H3. The molecule has 0 amide bonds. The third-order valence-corrected chi connectivity index (χ3v) is 8.48. The van der Waals surface area contributed by atoms with Crippen molar-refractivity contribution in [1.29, 1.82) is 0 Å². The lowest BCUT2D eigenvalue weighted by molar-refractivity contribution is 0.130. The minimum absolute atomic E-state index is 0.00226. The number of ether oxygens (including phenoxy) is 1. The summed E-state index contributed by atoms with van der Waals surface area (Å²) in [5.74, 6) is 0.382. The fourth-order valence-corrected chi connectivity index (χ4v) is 5.24. The van der Waals surface area contributed by atoms with Gasteiger partial charge in [0.05, 0.1) is 17.6 Å². The smallest absolute Gasteiger partial charge is 0.244 e. The van der Waals surface area contributed by atoms with Gasteiger partial charge < -0.3 is 4.74 Å². The second-order valence-corrected chi connectivity index (χ2v) is 10.9. The first-order valence-electron chi connectivity index (χ1n) is 9.23. The van der Waals surface area contributed by atoms with Gasteiger partial charge in [-0.05, 0) is 38.0 Å². The third-order valence-electron chi connectivity index (χ3n) is 4.83. The highest BCUT2D eigenvalue weighted by Crippen LogP contribution is 2.24.